The van der Waals surface area contributed by atoms with Crippen LogP contribution in [0.5, 0.6) is 11.5 Å². The maximum Gasteiger partial charge on any atom is 0.273 e. The summed E-state index contributed by atoms with van der Waals surface area (Å²) in [5.41, 5.74) is 6.42. The van der Waals surface area contributed by atoms with Crippen LogP contribution in [0.4, 0.5) is 5.69 Å². The van der Waals surface area contributed by atoms with Crippen LogP contribution in [0.3, 0.4) is 0 Å². The number of halogens is 1. The Balaban J connectivity index is 2.25. The lowest BCUT2D eigenvalue weighted by atomic mass is 10.2. The Hall–Kier alpha value is -1.99. The minimum absolute atomic E-state index is 0.0386. The lowest BCUT2D eigenvalue weighted by molar-refractivity contribution is -0.384. The molecule has 7 heteroatoms. The molecular weight excluding hydrogens is 326 g/mol. The first-order valence-electron chi connectivity index (χ1n) is 5.80. The van der Waals surface area contributed by atoms with Crippen LogP contribution >= 0.6 is 15.9 Å². The average Bonchev–Trinajstić information content (AvgIpc) is 2.41. The number of hydrogen-bond donors (Lipinski definition) is 1. The average molecular weight is 338 g/mol. The molecule has 104 valence electrons. The topological polar surface area (TPSA) is 91.3 Å². The van der Waals surface area contributed by atoms with Crippen LogP contribution in [-0.4, -0.2) is 9.91 Å². The Morgan fingerprint density at radius 2 is 2.15 bits per heavy atom. The van der Waals surface area contributed by atoms with Crippen molar-refractivity contribution in [1.29, 1.82) is 0 Å². The lowest BCUT2D eigenvalue weighted by Crippen LogP contribution is -2.06. The van der Waals surface area contributed by atoms with E-state index in [0.717, 1.165) is 5.69 Å². The molecule has 0 fully saturated rings. The molecule has 0 bridgehead atoms. The van der Waals surface area contributed by atoms with E-state index in [9.17, 15) is 10.1 Å². The summed E-state index contributed by atoms with van der Waals surface area (Å²) in [5.74, 6) is 0.838. The van der Waals surface area contributed by atoms with Crippen LogP contribution in [-0.2, 0) is 0 Å². The Labute approximate surface area is 123 Å². The zero-order valence-electron chi connectivity index (χ0n) is 10.6. The van der Waals surface area contributed by atoms with E-state index in [1.807, 2.05) is 6.92 Å². The number of non-ortho nitro benzene ring substituents is 1. The quantitative estimate of drug-likeness (QED) is 0.680. The number of ether oxygens (including phenoxy) is 1. The van der Waals surface area contributed by atoms with Crippen molar-refractivity contribution in [2.45, 2.75) is 13.0 Å². The Bertz CT molecular complexity index is 629. The predicted molar refractivity (Wildman–Crippen MR) is 77.7 cm³/mol. The van der Waals surface area contributed by atoms with Gasteiger partial charge in [-0.15, -0.1) is 0 Å². The molecule has 0 aliphatic carbocycles. The van der Waals surface area contributed by atoms with Crippen molar-refractivity contribution >= 4 is 21.6 Å². The molecule has 0 radical (unpaired) electrons. The van der Waals surface area contributed by atoms with Gasteiger partial charge in [0.15, 0.2) is 0 Å². The third kappa shape index (κ3) is 3.31. The lowest BCUT2D eigenvalue weighted by Gasteiger charge is -2.09. The van der Waals surface area contributed by atoms with E-state index in [0.29, 0.717) is 16.0 Å². The van der Waals surface area contributed by atoms with E-state index in [-0.39, 0.29) is 11.7 Å². The van der Waals surface area contributed by atoms with E-state index in [2.05, 4.69) is 20.9 Å². The number of nitrogens with two attached hydrogens (primary N) is 1. The maximum atomic E-state index is 10.7. The van der Waals surface area contributed by atoms with Crippen LogP contribution in [0, 0.1) is 10.1 Å². The molecule has 0 saturated heterocycles. The van der Waals surface area contributed by atoms with Gasteiger partial charge in [-0.2, -0.15) is 0 Å². The van der Waals surface area contributed by atoms with Gasteiger partial charge in [-0.05, 0) is 41.1 Å². The van der Waals surface area contributed by atoms with Gasteiger partial charge in [-0.3, -0.25) is 15.1 Å². The molecule has 0 unspecified atom stereocenters. The Kier molecular flexibility index (Phi) is 4.31. The highest BCUT2D eigenvalue weighted by Gasteiger charge is 2.11. The number of aromatic nitrogens is 1. The molecule has 0 aliphatic heterocycles. The second-order valence-electron chi connectivity index (χ2n) is 4.18. The molecule has 20 heavy (non-hydrogen) atoms. The normalized spacial score (nSPS) is 11.9. The standard InChI is InChI=1S/C13H12BrN3O3/c1-8(15)12-5-3-10(7-16-12)20-13-6-9(17(18)19)2-4-11(13)14/h2-8H,15H2,1H3/t8-/m1/s1. The molecule has 2 aromatic rings. The second-order valence-corrected chi connectivity index (χ2v) is 5.04. The minimum atomic E-state index is -0.475. The van der Waals surface area contributed by atoms with E-state index >= 15 is 0 Å². The number of pyridine rings is 1. The molecule has 1 aromatic heterocycles. The highest BCUT2D eigenvalue weighted by molar-refractivity contribution is 9.10. The summed E-state index contributed by atoms with van der Waals surface area (Å²) in [6, 6.07) is 7.63. The highest BCUT2D eigenvalue weighted by atomic mass is 79.9. The number of nitro groups is 1. The van der Waals surface area contributed by atoms with Gasteiger partial charge in [0.2, 0.25) is 0 Å². The van der Waals surface area contributed by atoms with Gasteiger partial charge in [0.1, 0.15) is 11.5 Å². The molecule has 1 atom stereocenters. The molecule has 2 rings (SSSR count). The zero-order valence-corrected chi connectivity index (χ0v) is 12.2. The molecule has 0 spiro atoms. The summed E-state index contributed by atoms with van der Waals surface area (Å²) < 4.78 is 6.20. The Morgan fingerprint density at radius 3 is 2.70 bits per heavy atom. The highest BCUT2D eigenvalue weighted by Crippen LogP contribution is 2.32. The monoisotopic (exact) mass is 337 g/mol. The van der Waals surface area contributed by atoms with Gasteiger partial charge in [0.25, 0.3) is 5.69 Å². The molecule has 0 saturated carbocycles. The Morgan fingerprint density at radius 1 is 1.40 bits per heavy atom. The summed E-state index contributed by atoms with van der Waals surface area (Å²) in [6.07, 6.45) is 1.53. The minimum Gasteiger partial charge on any atom is -0.454 e. The summed E-state index contributed by atoms with van der Waals surface area (Å²) in [5, 5.41) is 10.7. The fourth-order valence-electron chi connectivity index (χ4n) is 1.53. The van der Waals surface area contributed by atoms with Crippen LogP contribution in [0.15, 0.2) is 41.0 Å². The summed E-state index contributed by atoms with van der Waals surface area (Å²) in [7, 11) is 0. The smallest absolute Gasteiger partial charge is 0.273 e. The molecule has 1 aromatic carbocycles. The van der Waals surface area contributed by atoms with Gasteiger partial charge in [-0.1, -0.05) is 0 Å². The molecule has 0 aliphatic rings. The summed E-state index contributed by atoms with van der Waals surface area (Å²) in [6.45, 7) is 1.83. The second kappa shape index (κ2) is 5.98. The van der Waals surface area contributed by atoms with Crippen molar-refractivity contribution in [1.82, 2.24) is 4.98 Å². The molecule has 1 heterocycles. The van der Waals surface area contributed by atoms with E-state index in [1.165, 1.54) is 18.3 Å². The van der Waals surface area contributed by atoms with Crippen LogP contribution < -0.4 is 10.5 Å². The van der Waals surface area contributed by atoms with Gasteiger partial charge < -0.3 is 10.5 Å². The largest absolute Gasteiger partial charge is 0.454 e. The zero-order chi connectivity index (χ0) is 14.7. The number of benzene rings is 1. The van der Waals surface area contributed by atoms with Crippen molar-refractivity contribution in [3.8, 4) is 11.5 Å². The van der Waals surface area contributed by atoms with E-state index in [4.69, 9.17) is 10.5 Å². The predicted octanol–water partition coefficient (Wildman–Crippen LogP) is 3.56. The fraction of sp³-hybridized carbons (Fsp3) is 0.154. The number of nitrogens with zero attached hydrogens (tertiary/aromatic N) is 2. The molecule has 2 N–H and O–H groups in total. The van der Waals surface area contributed by atoms with Crippen LogP contribution in [0.1, 0.15) is 18.7 Å². The molecule has 0 amide bonds. The molecule has 6 nitrogen and oxygen atoms in total. The number of nitro benzene ring substituents is 1. The third-order valence-electron chi connectivity index (χ3n) is 2.58. The first-order valence-corrected chi connectivity index (χ1v) is 6.60. The third-order valence-corrected chi connectivity index (χ3v) is 3.23. The van der Waals surface area contributed by atoms with Gasteiger partial charge in [0, 0.05) is 12.1 Å². The number of hydrogen-bond acceptors (Lipinski definition) is 5. The van der Waals surface area contributed by atoms with Crippen LogP contribution in [0.25, 0.3) is 0 Å². The SMILES string of the molecule is C[C@@H](N)c1ccc(Oc2cc([N+](=O)[O-])ccc2Br)cn1. The van der Waals surface area contributed by atoms with Crippen molar-refractivity contribution in [2.24, 2.45) is 5.73 Å². The fourth-order valence-corrected chi connectivity index (χ4v) is 1.86. The molecular formula is C13H12BrN3O3. The van der Waals surface area contributed by atoms with Crippen molar-refractivity contribution in [3.05, 3.63) is 56.8 Å². The van der Waals surface area contributed by atoms with Gasteiger partial charge >= 0.3 is 0 Å². The van der Waals surface area contributed by atoms with E-state index in [1.54, 1.807) is 18.2 Å². The first-order chi connectivity index (χ1) is 9.47. The van der Waals surface area contributed by atoms with Crippen molar-refractivity contribution in [2.75, 3.05) is 0 Å². The number of rotatable bonds is 4. The summed E-state index contributed by atoms with van der Waals surface area (Å²) in [4.78, 5) is 14.4. The van der Waals surface area contributed by atoms with E-state index < -0.39 is 4.92 Å². The van der Waals surface area contributed by atoms with Gasteiger partial charge in [0.05, 0.1) is 27.4 Å². The first kappa shape index (κ1) is 14.4. The van der Waals surface area contributed by atoms with Gasteiger partial charge in [-0.25, -0.2) is 0 Å². The van der Waals surface area contributed by atoms with Crippen molar-refractivity contribution in [3.63, 3.8) is 0 Å². The summed E-state index contributed by atoms with van der Waals surface area (Å²) >= 11 is 3.29. The van der Waals surface area contributed by atoms with Crippen LogP contribution in [0.2, 0.25) is 0 Å². The maximum absolute atomic E-state index is 10.7. The van der Waals surface area contributed by atoms with Crippen molar-refractivity contribution < 1.29 is 9.66 Å².